The van der Waals surface area contributed by atoms with Crippen LogP contribution in [0, 0.1) is 0 Å². The fourth-order valence-corrected chi connectivity index (χ4v) is 1.54. The Morgan fingerprint density at radius 1 is 1.27 bits per heavy atom. The molecule has 78 valence electrons. The molecule has 0 spiro atoms. The first-order valence-corrected chi connectivity index (χ1v) is 5.22. The lowest BCUT2D eigenvalue weighted by Gasteiger charge is -2.01. The molecule has 0 bridgehead atoms. The standard InChI is InChI=1S/C12H12ClNO/c1-2-9-4-6-12(15-9)8-3-5-10(13)11(14)7-8/h3-7H,2,14H2,1H3. The minimum Gasteiger partial charge on any atom is -0.461 e. The van der Waals surface area contributed by atoms with Crippen LogP contribution in [-0.4, -0.2) is 0 Å². The first-order valence-electron chi connectivity index (χ1n) is 4.85. The summed E-state index contributed by atoms with van der Waals surface area (Å²) in [6.45, 7) is 2.05. The van der Waals surface area contributed by atoms with Crippen molar-refractivity contribution >= 4 is 17.3 Å². The lowest BCUT2D eigenvalue weighted by molar-refractivity contribution is 0.529. The second kappa shape index (κ2) is 3.99. The second-order valence-corrected chi connectivity index (χ2v) is 3.76. The molecule has 2 nitrogen and oxygen atoms in total. The summed E-state index contributed by atoms with van der Waals surface area (Å²) in [5, 5.41) is 0.570. The van der Waals surface area contributed by atoms with Crippen molar-refractivity contribution in [2.24, 2.45) is 0 Å². The molecule has 0 aliphatic rings. The van der Waals surface area contributed by atoms with Gasteiger partial charge < -0.3 is 10.2 Å². The maximum atomic E-state index is 5.84. The first-order chi connectivity index (χ1) is 7.20. The Kier molecular flexibility index (Phi) is 2.69. The molecular formula is C12H12ClNO. The van der Waals surface area contributed by atoms with E-state index in [1.807, 2.05) is 24.3 Å². The van der Waals surface area contributed by atoms with Gasteiger partial charge in [0, 0.05) is 12.0 Å². The van der Waals surface area contributed by atoms with E-state index in [1.54, 1.807) is 6.07 Å². The molecule has 0 saturated heterocycles. The van der Waals surface area contributed by atoms with E-state index < -0.39 is 0 Å². The molecule has 0 fully saturated rings. The van der Waals surface area contributed by atoms with Crippen LogP contribution in [-0.2, 0) is 6.42 Å². The molecule has 0 aliphatic carbocycles. The van der Waals surface area contributed by atoms with Gasteiger partial charge in [0.1, 0.15) is 11.5 Å². The van der Waals surface area contributed by atoms with Crippen molar-refractivity contribution in [3.63, 3.8) is 0 Å². The molecule has 1 aromatic heterocycles. The Bertz CT molecular complexity index is 476. The number of hydrogen-bond donors (Lipinski definition) is 1. The summed E-state index contributed by atoms with van der Waals surface area (Å²) >= 11 is 5.84. The average Bonchev–Trinajstić information content (AvgIpc) is 2.70. The highest BCUT2D eigenvalue weighted by molar-refractivity contribution is 6.33. The predicted octanol–water partition coefficient (Wildman–Crippen LogP) is 3.74. The van der Waals surface area contributed by atoms with Gasteiger partial charge in [-0.1, -0.05) is 18.5 Å². The molecular weight excluding hydrogens is 210 g/mol. The SMILES string of the molecule is CCc1ccc(-c2ccc(Cl)c(N)c2)o1. The van der Waals surface area contributed by atoms with E-state index in [9.17, 15) is 0 Å². The molecule has 2 N–H and O–H groups in total. The molecule has 0 amide bonds. The number of nitrogen functional groups attached to an aromatic ring is 1. The molecule has 0 atom stereocenters. The van der Waals surface area contributed by atoms with Crippen LogP contribution < -0.4 is 5.73 Å². The third-order valence-electron chi connectivity index (χ3n) is 2.29. The minimum absolute atomic E-state index is 0.570. The number of rotatable bonds is 2. The van der Waals surface area contributed by atoms with Crippen LogP contribution in [0.4, 0.5) is 5.69 Å². The van der Waals surface area contributed by atoms with Crippen molar-refractivity contribution in [2.75, 3.05) is 5.73 Å². The fourth-order valence-electron chi connectivity index (χ4n) is 1.42. The van der Waals surface area contributed by atoms with Gasteiger partial charge in [-0.2, -0.15) is 0 Å². The van der Waals surface area contributed by atoms with Gasteiger partial charge in [0.05, 0.1) is 10.7 Å². The molecule has 15 heavy (non-hydrogen) atoms. The van der Waals surface area contributed by atoms with E-state index >= 15 is 0 Å². The molecule has 2 aromatic rings. The summed E-state index contributed by atoms with van der Waals surface area (Å²) in [6, 6.07) is 9.42. The summed E-state index contributed by atoms with van der Waals surface area (Å²) in [6.07, 6.45) is 0.892. The normalized spacial score (nSPS) is 10.5. The van der Waals surface area contributed by atoms with E-state index in [2.05, 4.69) is 6.92 Å². The molecule has 0 unspecified atom stereocenters. The minimum atomic E-state index is 0.570. The number of halogens is 1. The number of aryl methyl sites for hydroxylation is 1. The van der Waals surface area contributed by atoms with Crippen LogP contribution in [0.3, 0.4) is 0 Å². The molecule has 0 saturated carbocycles. The topological polar surface area (TPSA) is 39.2 Å². The first kappa shape index (κ1) is 10.1. The zero-order valence-corrected chi connectivity index (χ0v) is 9.21. The third kappa shape index (κ3) is 2.00. The van der Waals surface area contributed by atoms with Crippen molar-refractivity contribution in [1.29, 1.82) is 0 Å². The van der Waals surface area contributed by atoms with Crippen LogP contribution >= 0.6 is 11.6 Å². The highest BCUT2D eigenvalue weighted by atomic mass is 35.5. The Balaban J connectivity index is 2.40. The van der Waals surface area contributed by atoms with Gasteiger partial charge in [0.15, 0.2) is 0 Å². The van der Waals surface area contributed by atoms with Crippen molar-refractivity contribution < 1.29 is 4.42 Å². The van der Waals surface area contributed by atoms with Gasteiger partial charge in [-0.05, 0) is 30.3 Å². The summed E-state index contributed by atoms with van der Waals surface area (Å²) in [7, 11) is 0. The number of furan rings is 1. The average molecular weight is 222 g/mol. The Morgan fingerprint density at radius 2 is 2.07 bits per heavy atom. The van der Waals surface area contributed by atoms with E-state index in [0.717, 1.165) is 23.5 Å². The molecule has 2 rings (SSSR count). The van der Waals surface area contributed by atoms with Crippen molar-refractivity contribution in [3.8, 4) is 11.3 Å². The van der Waals surface area contributed by atoms with E-state index in [-0.39, 0.29) is 0 Å². The number of anilines is 1. The van der Waals surface area contributed by atoms with E-state index in [0.29, 0.717) is 10.7 Å². The van der Waals surface area contributed by atoms with Crippen LogP contribution in [0.5, 0.6) is 0 Å². The lowest BCUT2D eigenvalue weighted by atomic mass is 10.1. The van der Waals surface area contributed by atoms with Crippen molar-refractivity contribution in [1.82, 2.24) is 0 Å². The third-order valence-corrected chi connectivity index (χ3v) is 2.63. The Hall–Kier alpha value is -1.41. The molecule has 3 heteroatoms. The monoisotopic (exact) mass is 221 g/mol. The number of benzene rings is 1. The largest absolute Gasteiger partial charge is 0.461 e. The van der Waals surface area contributed by atoms with E-state index in [4.69, 9.17) is 21.8 Å². The van der Waals surface area contributed by atoms with Crippen molar-refractivity contribution in [3.05, 3.63) is 41.1 Å². The van der Waals surface area contributed by atoms with Crippen LogP contribution in [0.1, 0.15) is 12.7 Å². The molecule has 1 heterocycles. The molecule has 0 radical (unpaired) electrons. The smallest absolute Gasteiger partial charge is 0.134 e. The zero-order chi connectivity index (χ0) is 10.8. The van der Waals surface area contributed by atoms with Gasteiger partial charge in [-0.3, -0.25) is 0 Å². The maximum absolute atomic E-state index is 5.84. The highest BCUT2D eigenvalue weighted by Gasteiger charge is 2.05. The highest BCUT2D eigenvalue weighted by Crippen LogP contribution is 2.28. The zero-order valence-electron chi connectivity index (χ0n) is 8.46. The summed E-state index contributed by atoms with van der Waals surface area (Å²) in [5.74, 6) is 1.80. The van der Waals surface area contributed by atoms with Gasteiger partial charge in [0.2, 0.25) is 0 Å². The molecule has 1 aromatic carbocycles. The van der Waals surface area contributed by atoms with Crippen LogP contribution in [0.25, 0.3) is 11.3 Å². The van der Waals surface area contributed by atoms with Gasteiger partial charge in [0.25, 0.3) is 0 Å². The number of hydrogen-bond acceptors (Lipinski definition) is 2. The van der Waals surface area contributed by atoms with Gasteiger partial charge in [-0.15, -0.1) is 0 Å². The maximum Gasteiger partial charge on any atom is 0.134 e. The predicted molar refractivity (Wildman–Crippen MR) is 62.9 cm³/mol. The summed E-state index contributed by atoms with van der Waals surface area (Å²) in [5.41, 5.74) is 7.25. The van der Waals surface area contributed by atoms with Gasteiger partial charge in [-0.25, -0.2) is 0 Å². The Morgan fingerprint density at radius 3 is 2.67 bits per heavy atom. The van der Waals surface area contributed by atoms with E-state index in [1.165, 1.54) is 0 Å². The molecule has 0 aliphatic heterocycles. The lowest BCUT2D eigenvalue weighted by Crippen LogP contribution is -1.86. The number of nitrogens with two attached hydrogens (primary N) is 1. The van der Waals surface area contributed by atoms with Crippen LogP contribution in [0.2, 0.25) is 5.02 Å². The summed E-state index contributed by atoms with van der Waals surface area (Å²) in [4.78, 5) is 0. The summed E-state index contributed by atoms with van der Waals surface area (Å²) < 4.78 is 5.62. The second-order valence-electron chi connectivity index (χ2n) is 3.36. The fraction of sp³-hybridized carbons (Fsp3) is 0.167. The Labute approximate surface area is 93.7 Å². The van der Waals surface area contributed by atoms with Gasteiger partial charge >= 0.3 is 0 Å². The van der Waals surface area contributed by atoms with Crippen LogP contribution in [0.15, 0.2) is 34.7 Å². The van der Waals surface area contributed by atoms with Crippen molar-refractivity contribution in [2.45, 2.75) is 13.3 Å². The quantitative estimate of drug-likeness (QED) is 0.785.